The lowest BCUT2D eigenvalue weighted by Gasteiger charge is -2.41. The number of halogens is 1. The summed E-state index contributed by atoms with van der Waals surface area (Å²) in [6.07, 6.45) is 3.78. The zero-order valence-corrected chi connectivity index (χ0v) is 21.8. The monoisotopic (exact) mass is 518 g/mol. The molecule has 0 aliphatic carbocycles. The van der Waals surface area contributed by atoms with Gasteiger partial charge in [0.05, 0.1) is 18.9 Å². The normalized spacial score (nSPS) is 19.4. The molecule has 0 radical (unpaired) electrons. The highest BCUT2D eigenvalue weighted by Crippen LogP contribution is 2.30. The van der Waals surface area contributed by atoms with Gasteiger partial charge in [-0.2, -0.15) is 0 Å². The highest BCUT2D eigenvalue weighted by Gasteiger charge is 2.44. The number of nitrogens with zero attached hydrogens (tertiary/aromatic N) is 4. The lowest BCUT2D eigenvalue weighted by molar-refractivity contribution is -0.142. The molecule has 36 heavy (non-hydrogen) atoms. The van der Waals surface area contributed by atoms with Crippen LogP contribution in [0.1, 0.15) is 39.5 Å². The molecule has 2 saturated heterocycles. The summed E-state index contributed by atoms with van der Waals surface area (Å²) in [6.45, 7) is 5.76. The second-order valence-electron chi connectivity index (χ2n) is 9.77. The van der Waals surface area contributed by atoms with Crippen molar-refractivity contribution in [3.63, 3.8) is 0 Å². The Bertz CT molecular complexity index is 1020. The third-order valence-corrected chi connectivity index (χ3v) is 7.74. The molecule has 3 aliphatic heterocycles. The van der Waals surface area contributed by atoms with Gasteiger partial charge in [-0.25, -0.2) is 4.79 Å². The first-order valence-electron chi connectivity index (χ1n) is 12.5. The van der Waals surface area contributed by atoms with E-state index in [9.17, 15) is 19.5 Å². The molecular formula is C25H35ClN6O4. The number of fused-ring (bicyclic) bond motifs is 1. The topological polar surface area (TPSA) is 108 Å². The summed E-state index contributed by atoms with van der Waals surface area (Å²) in [5.41, 5.74) is -0.139. The summed E-state index contributed by atoms with van der Waals surface area (Å²) >= 11 is 5.91. The van der Waals surface area contributed by atoms with Crippen LogP contribution in [0.4, 0.5) is 10.5 Å². The predicted octanol–water partition coefficient (Wildman–Crippen LogP) is 2.22. The number of likely N-dealkylation sites (tertiary alicyclic amines) is 1. The lowest BCUT2D eigenvalue weighted by atomic mass is 9.87. The fourth-order valence-corrected chi connectivity index (χ4v) is 5.29. The molecule has 3 heterocycles. The number of carbonyl (C=O) groups excluding carboxylic acids is 3. The van der Waals surface area contributed by atoms with Gasteiger partial charge in [0, 0.05) is 43.1 Å². The van der Waals surface area contributed by atoms with Gasteiger partial charge in [-0.05, 0) is 49.9 Å². The van der Waals surface area contributed by atoms with Gasteiger partial charge in [0.25, 0.3) is 5.91 Å². The van der Waals surface area contributed by atoms with E-state index in [1.807, 2.05) is 23.0 Å². The Kier molecular flexibility index (Phi) is 7.65. The van der Waals surface area contributed by atoms with Crippen LogP contribution in [0, 0.1) is 0 Å². The van der Waals surface area contributed by atoms with Crippen LogP contribution in [0.2, 0.25) is 5.02 Å². The van der Waals surface area contributed by atoms with Crippen molar-refractivity contribution in [2.75, 3.05) is 38.8 Å². The van der Waals surface area contributed by atoms with E-state index in [2.05, 4.69) is 15.5 Å². The van der Waals surface area contributed by atoms with E-state index in [1.165, 1.54) is 0 Å². The molecule has 1 atom stereocenters. The van der Waals surface area contributed by atoms with Crippen LogP contribution in [0.5, 0.6) is 0 Å². The van der Waals surface area contributed by atoms with Crippen molar-refractivity contribution in [1.29, 1.82) is 0 Å². The third-order valence-electron chi connectivity index (χ3n) is 7.48. The maximum absolute atomic E-state index is 13.6. The molecule has 0 aromatic heterocycles. The van der Waals surface area contributed by atoms with Crippen LogP contribution in [0.15, 0.2) is 36.2 Å². The van der Waals surface area contributed by atoms with Crippen molar-refractivity contribution in [1.82, 2.24) is 24.9 Å². The van der Waals surface area contributed by atoms with Gasteiger partial charge in [-0.1, -0.05) is 25.4 Å². The first kappa shape index (κ1) is 26.1. The van der Waals surface area contributed by atoms with Crippen LogP contribution in [-0.4, -0.2) is 93.7 Å². The van der Waals surface area contributed by atoms with Crippen LogP contribution in [0.3, 0.4) is 0 Å². The molecule has 0 saturated carbocycles. The van der Waals surface area contributed by atoms with Gasteiger partial charge in [0.1, 0.15) is 11.7 Å². The maximum Gasteiger partial charge on any atom is 0.319 e. The Morgan fingerprint density at radius 3 is 2.36 bits per heavy atom. The van der Waals surface area contributed by atoms with Crippen molar-refractivity contribution in [3.8, 4) is 0 Å². The van der Waals surface area contributed by atoms with Crippen molar-refractivity contribution in [2.45, 2.75) is 57.2 Å². The van der Waals surface area contributed by atoms with Gasteiger partial charge in [0.2, 0.25) is 5.91 Å². The van der Waals surface area contributed by atoms with Crippen molar-refractivity contribution < 1.29 is 19.5 Å². The standard InChI is InChI=1S/C25H35ClN6O4/c1-4-25(36,5-2)21(28-24(35)27-18-8-6-17(26)7-9-18)23(34)30-12-10-19(11-13-30)32-16-31-15-29(3)14-20(31)22(32)33/h6-9,14,19,21,36H,4-5,10-13,15-16H2,1-3H3,(H2,27,28,35). The number of anilines is 1. The average Bonchev–Trinajstić information content (AvgIpc) is 3.39. The second kappa shape index (κ2) is 10.6. The molecule has 4 rings (SSSR count). The Balaban J connectivity index is 1.40. The molecule has 3 aliphatic rings. The van der Waals surface area contributed by atoms with E-state index in [1.54, 1.807) is 43.0 Å². The molecule has 1 unspecified atom stereocenters. The van der Waals surface area contributed by atoms with Crippen molar-refractivity contribution >= 4 is 35.1 Å². The molecule has 11 heteroatoms. The zero-order chi connectivity index (χ0) is 26.0. The highest BCUT2D eigenvalue weighted by molar-refractivity contribution is 6.30. The smallest absolute Gasteiger partial charge is 0.319 e. The molecule has 3 N–H and O–H groups in total. The number of nitrogens with one attached hydrogen (secondary N) is 2. The van der Waals surface area contributed by atoms with Gasteiger partial charge < -0.3 is 35.3 Å². The van der Waals surface area contributed by atoms with Crippen molar-refractivity contribution in [3.05, 3.63) is 41.2 Å². The summed E-state index contributed by atoms with van der Waals surface area (Å²) in [6, 6.07) is 5.00. The first-order valence-corrected chi connectivity index (χ1v) is 12.8. The Morgan fingerprint density at radius 2 is 1.78 bits per heavy atom. The van der Waals surface area contributed by atoms with Gasteiger partial charge in [-0.3, -0.25) is 9.59 Å². The number of piperidine rings is 1. The van der Waals surface area contributed by atoms with E-state index < -0.39 is 17.7 Å². The van der Waals surface area contributed by atoms with Gasteiger partial charge in [0.15, 0.2) is 0 Å². The second-order valence-corrected chi connectivity index (χ2v) is 10.2. The molecule has 1 aromatic carbocycles. The molecule has 4 amide bonds. The van der Waals surface area contributed by atoms with E-state index in [-0.39, 0.29) is 17.9 Å². The minimum absolute atomic E-state index is 0.0360. The fraction of sp³-hybridized carbons (Fsp3) is 0.560. The van der Waals surface area contributed by atoms with Gasteiger partial charge in [-0.15, -0.1) is 0 Å². The number of amides is 4. The van der Waals surface area contributed by atoms with E-state index in [4.69, 9.17) is 11.6 Å². The Morgan fingerprint density at radius 1 is 1.14 bits per heavy atom. The van der Waals surface area contributed by atoms with Crippen LogP contribution in [0.25, 0.3) is 0 Å². The van der Waals surface area contributed by atoms with E-state index in [0.29, 0.717) is 62.8 Å². The van der Waals surface area contributed by atoms with Crippen LogP contribution in [-0.2, 0) is 9.59 Å². The summed E-state index contributed by atoms with van der Waals surface area (Å²) in [5, 5.41) is 17.2. The summed E-state index contributed by atoms with van der Waals surface area (Å²) in [5.74, 6) is -0.280. The Labute approximate surface area is 216 Å². The minimum atomic E-state index is -1.39. The SMILES string of the molecule is CCC(O)(CC)C(NC(=O)Nc1ccc(Cl)cc1)C(=O)N1CCC(N2CN3CN(C)C=C3C2=O)CC1. The molecule has 0 spiro atoms. The predicted molar refractivity (Wildman–Crippen MR) is 137 cm³/mol. The third kappa shape index (κ3) is 5.24. The Hall–Kier alpha value is -2.98. The number of urea groups is 1. The largest absolute Gasteiger partial charge is 0.387 e. The maximum atomic E-state index is 13.6. The minimum Gasteiger partial charge on any atom is -0.387 e. The fourth-order valence-electron chi connectivity index (χ4n) is 5.16. The number of hydrogen-bond donors (Lipinski definition) is 3. The average molecular weight is 519 g/mol. The van der Waals surface area contributed by atoms with E-state index >= 15 is 0 Å². The molecule has 0 bridgehead atoms. The molecule has 196 valence electrons. The summed E-state index contributed by atoms with van der Waals surface area (Å²) in [4.78, 5) is 46.8. The highest BCUT2D eigenvalue weighted by atomic mass is 35.5. The quantitative estimate of drug-likeness (QED) is 0.511. The summed E-state index contributed by atoms with van der Waals surface area (Å²) in [7, 11) is 1.95. The first-order chi connectivity index (χ1) is 17.1. The van der Waals surface area contributed by atoms with Crippen LogP contribution >= 0.6 is 11.6 Å². The van der Waals surface area contributed by atoms with Gasteiger partial charge >= 0.3 is 6.03 Å². The molecule has 2 fully saturated rings. The van der Waals surface area contributed by atoms with E-state index in [0.717, 1.165) is 5.70 Å². The molecule has 1 aromatic rings. The molecule has 10 nitrogen and oxygen atoms in total. The number of hydrogen-bond acceptors (Lipinski definition) is 6. The number of carbonyl (C=O) groups is 3. The number of rotatable bonds is 7. The number of aliphatic hydroxyl groups is 1. The number of benzene rings is 1. The zero-order valence-electron chi connectivity index (χ0n) is 21.0. The van der Waals surface area contributed by atoms with Crippen LogP contribution < -0.4 is 10.6 Å². The summed E-state index contributed by atoms with van der Waals surface area (Å²) < 4.78 is 0. The van der Waals surface area contributed by atoms with Crippen molar-refractivity contribution in [2.24, 2.45) is 0 Å². The lowest BCUT2D eigenvalue weighted by Crippen LogP contribution is -2.62. The molecular weight excluding hydrogens is 484 g/mol.